The number of rotatable bonds is 5. The molecule has 3 N–H and O–H groups in total. The number of carbonyl (C=O) groups excluding carboxylic acids is 1. The Balaban J connectivity index is 0.000000200. The van der Waals surface area contributed by atoms with Crippen molar-refractivity contribution in [3.63, 3.8) is 0 Å². The summed E-state index contributed by atoms with van der Waals surface area (Å²) in [6.45, 7) is 3.81. The van der Waals surface area contributed by atoms with E-state index < -0.39 is 11.4 Å². The van der Waals surface area contributed by atoms with Crippen molar-refractivity contribution in [3.8, 4) is 11.1 Å². The fourth-order valence-electron chi connectivity index (χ4n) is 3.13. The van der Waals surface area contributed by atoms with E-state index in [0.717, 1.165) is 51.0 Å². The van der Waals surface area contributed by atoms with E-state index >= 15 is 0 Å². The van der Waals surface area contributed by atoms with E-state index in [1.807, 2.05) is 30.3 Å². The van der Waals surface area contributed by atoms with Gasteiger partial charge in [-0.05, 0) is 57.1 Å². The number of hydrogen-bond donors (Lipinski definition) is 2. The smallest absolute Gasteiger partial charge is 0.308 e. The first kappa shape index (κ1) is 21.8. The third kappa shape index (κ3) is 6.58. The number of nitrogens with one attached hydrogen (secondary N) is 1. The summed E-state index contributed by atoms with van der Waals surface area (Å²) in [5.41, 5.74) is 6.30. The molecule has 0 unspecified atom stereocenters. The van der Waals surface area contributed by atoms with Gasteiger partial charge in [0.05, 0.1) is 13.0 Å². The Kier molecular flexibility index (Phi) is 8.84. The maximum Gasteiger partial charge on any atom is 0.308 e. The average molecular weight is 389 g/mol. The summed E-state index contributed by atoms with van der Waals surface area (Å²) in [5.74, 6) is -0.691. The van der Waals surface area contributed by atoms with Crippen LogP contribution in [0.3, 0.4) is 0 Å². The molecule has 1 aromatic carbocycles. The number of ether oxygens (including phenoxy) is 1. The van der Waals surface area contributed by atoms with Gasteiger partial charge >= 0.3 is 5.97 Å². The van der Waals surface area contributed by atoms with E-state index in [0.29, 0.717) is 5.56 Å². The number of aromatic amines is 1. The largest absolute Gasteiger partial charge is 0.469 e. The van der Waals surface area contributed by atoms with E-state index in [9.17, 15) is 14.0 Å². The summed E-state index contributed by atoms with van der Waals surface area (Å²) in [6.07, 6.45) is 4.40. The molecule has 3 rings (SSSR count). The topological polar surface area (TPSA) is 88.4 Å². The molecule has 1 aliphatic rings. The second kappa shape index (κ2) is 11.4. The summed E-state index contributed by atoms with van der Waals surface area (Å²) in [5, 5.41) is 0. The van der Waals surface area contributed by atoms with Gasteiger partial charge in [-0.2, -0.15) is 0 Å². The second-order valence-corrected chi connectivity index (χ2v) is 6.71. The van der Waals surface area contributed by atoms with Crippen molar-refractivity contribution in [1.82, 2.24) is 9.88 Å². The molecule has 0 bridgehead atoms. The van der Waals surface area contributed by atoms with E-state index in [-0.39, 0.29) is 11.9 Å². The molecular formula is C21H28FN3O3. The number of hydrogen-bond acceptors (Lipinski definition) is 5. The lowest BCUT2D eigenvalue weighted by atomic mass is 9.97. The summed E-state index contributed by atoms with van der Waals surface area (Å²) in [6, 6.07) is 10.5. The first-order chi connectivity index (χ1) is 13.5. The summed E-state index contributed by atoms with van der Waals surface area (Å²) < 4.78 is 17.6. The lowest BCUT2D eigenvalue weighted by Gasteiger charge is -2.30. The maximum atomic E-state index is 12.9. The van der Waals surface area contributed by atoms with Crippen LogP contribution in [-0.4, -0.2) is 49.1 Å². The standard InChI is InChI=1S/C11H8FNO.C10H20N2O2/c12-10-6-9(7-13-11(10)14)8-4-2-1-3-5-8;1-14-10(13)9-3-7-12(8-4-9)6-2-5-11/h1-7H,(H,13,14);9H,2-8,11H2,1H3. The lowest BCUT2D eigenvalue weighted by molar-refractivity contribution is -0.147. The van der Waals surface area contributed by atoms with Crippen molar-refractivity contribution in [2.45, 2.75) is 19.3 Å². The van der Waals surface area contributed by atoms with Gasteiger partial charge in [0.25, 0.3) is 5.56 Å². The first-order valence-electron chi connectivity index (χ1n) is 9.49. The Morgan fingerprint density at radius 1 is 1.25 bits per heavy atom. The number of piperidine rings is 1. The number of esters is 1. The first-order valence-corrected chi connectivity index (χ1v) is 9.49. The van der Waals surface area contributed by atoms with Gasteiger partial charge in [-0.15, -0.1) is 0 Å². The van der Waals surface area contributed by atoms with Crippen LogP contribution in [0.1, 0.15) is 19.3 Å². The molecule has 1 fully saturated rings. The van der Waals surface area contributed by atoms with E-state index in [1.54, 1.807) is 0 Å². The zero-order valence-corrected chi connectivity index (χ0v) is 16.2. The van der Waals surface area contributed by atoms with Gasteiger partial charge in [-0.3, -0.25) is 9.59 Å². The maximum absolute atomic E-state index is 12.9. The minimum Gasteiger partial charge on any atom is -0.469 e. The van der Waals surface area contributed by atoms with Crippen LogP contribution in [0, 0.1) is 11.7 Å². The Morgan fingerprint density at radius 2 is 1.93 bits per heavy atom. The van der Waals surface area contributed by atoms with Crippen LogP contribution < -0.4 is 11.3 Å². The number of carbonyl (C=O) groups is 1. The number of halogens is 1. The Hall–Kier alpha value is -2.51. The average Bonchev–Trinajstić information content (AvgIpc) is 2.75. The van der Waals surface area contributed by atoms with Crippen LogP contribution in [0.2, 0.25) is 0 Å². The van der Waals surface area contributed by atoms with Gasteiger partial charge in [0.15, 0.2) is 5.82 Å². The van der Waals surface area contributed by atoms with Gasteiger partial charge < -0.3 is 20.4 Å². The van der Waals surface area contributed by atoms with Crippen LogP contribution in [0.5, 0.6) is 0 Å². The Labute approximate surface area is 164 Å². The van der Waals surface area contributed by atoms with Crippen LogP contribution in [-0.2, 0) is 9.53 Å². The number of nitrogens with two attached hydrogens (primary N) is 1. The predicted molar refractivity (Wildman–Crippen MR) is 107 cm³/mol. The highest BCUT2D eigenvalue weighted by Gasteiger charge is 2.24. The Bertz CT molecular complexity index is 787. The summed E-state index contributed by atoms with van der Waals surface area (Å²) in [4.78, 5) is 26.7. The number of aromatic nitrogens is 1. The van der Waals surface area contributed by atoms with Crippen molar-refractivity contribution < 1.29 is 13.9 Å². The molecule has 1 saturated heterocycles. The second-order valence-electron chi connectivity index (χ2n) is 6.71. The Morgan fingerprint density at radius 3 is 2.50 bits per heavy atom. The molecular weight excluding hydrogens is 361 g/mol. The summed E-state index contributed by atoms with van der Waals surface area (Å²) in [7, 11) is 1.46. The van der Waals surface area contributed by atoms with Crippen LogP contribution in [0.15, 0.2) is 47.4 Å². The van der Waals surface area contributed by atoms with E-state index in [4.69, 9.17) is 10.5 Å². The lowest BCUT2D eigenvalue weighted by Crippen LogP contribution is -2.37. The van der Waals surface area contributed by atoms with Crippen molar-refractivity contribution in [1.29, 1.82) is 0 Å². The molecule has 0 radical (unpaired) electrons. The number of likely N-dealkylation sites (tertiary alicyclic amines) is 1. The molecule has 2 aromatic rings. The molecule has 0 aliphatic carbocycles. The number of nitrogens with zero attached hydrogens (tertiary/aromatic N) is 1. The van der Waals surface area contributed by atoms with Crippen molar-refractivity contribution in [2.75, 3.05) is 33.3 Å². The van der Waals surface area contributed by atoms with Crippen LogP contribution in [0.25, 0.3) is 11.1 Å². The fourth-order valence-corrected chi connectivity index (χ4v) is 3.13. The third-order valence-corrected chi connectivity index (χ3v) is 4.77. The van der Waals surface area contributed by atoms with Gasteiger partial charge in [-0.1, -0.05) is 30.3 Å². The van der Waals surface area contributed by atoms with Gasteiger partial charge in [-0.25, -0.2) is 4.39 Å². The molecule has 1 aromatic heterocycles. The van der Waals surface area contributed by atoms with Gasteiger partial charge in [0, 0.05) is 11.8 Å². The molecule has 0 saturated carbocycles. The van der Waals surface area contributed by atoms with Crippen LogP contribution >= 0.6 is 0 Å². The number of H-pyrrole nitrogens is 1. The van der Waals surface area contributed by atoms with Crippen molar-refractivity contribution in [3.05, 3.63) is 58.8 Å². The SMILES string of the molecule is COC(=O)C1CCN(CCCN)CC1.O=c1[nH]cc(-c2ccccc2)cc1F. The molecule has 152 valence electrons. The molecule has 2 heterocycles. The zero-order chi connectivity index (χ0) is 20.4. The molecule has 1 aliphatic heterocycles. The summed E-state index contributed by atoms with van der Waals surface area (Å²) >= 11 is 0. The quantitative estimate of drug-likeness (QED) is 0.767. The van der Waals surface area contributed by atoms with E-state index in [1.165, 1.54) is 19.4 Å². The zero-order valence-electron chi connectivity index (χ0n) is 16.2. The van der Waals surface area contributed by atoms with Crippen molar-refractivity contribution in [2.24, 2.45) is 11.7 Å². The monoisotopic (exact) mass is 389 g/mol. The molecule has 0 atom stereocenters. The molecule has 7 heteroatoms. The normalized spacial score (nSPS) is 14.8. The number of pyridine rings is 1. The number of methoxy groups -OCH3 is 1. The molecule has 6 nitrogen and oxygen atoms in total. The third-order valence-electron chi connectivity index (χ3n) is 4.77. The molecule has 0 spiro atoms. The van der Waals surface area contributed by atoms with Crippen LogP contribution in [0.4, 0.5) is 4.39 Å². The minimum absolute atomic E-state index is 0.0523. The highest BCUT2D eigenvalue weighted by atomic mass is 19.1. The fraction of sp³-hybridized carbons (Fsp3) is 0.429. The van der Waals surface area contributed by atoms with Crippen molar-refractivity contribution >= 4 is 5.97 Å². The highest BCUT2D eigenvalue weighted by Crippen LogP contribution is 2.18. The van der Waals surface area contributed by atoms with Gasteiger partial charge in [0.1, 0.15) is 0 Å². The molecule has 0 amide bonds. The van der Waals surface area contributed by atoms with Gasteiger partial charge in [0.2, 0.25) is 0 Å². The highest BCUT2D eigenvalue weighted by molar-refractivity contribution is 5.72. The number of benzene rings is 1. The predicted octanol–water partition coefficient (Wildman–Crippen LogP) is 2.40. The molecule has 28 heavy (non-hydrogen) atoms. The minimum atomic E-state index is -0.758. The van der Waals surface area contributed by atoms with E-state index in [2.05, 4.69) is 9.88 Å².